The second-order valence-electron chi connectivity index (χ2n) is 8.08. The van der Waals surface area contributed by atoms with Crippen molar-refractivity contribution in [1.29, 1.82) is 0 Å². The average Bonchev–Trinajstić information content (AvgIpc) is 2.78. The number of anilines is 1. The fourth-order valence-electron chi connectivity index (χ4n) is 4.39. The molecule has 2 aromatic carbocycles. The van der Waals surface area contributed by atoms with Crippen molar-refractivity contribution < 1.29 is 18.0 Å². The Kier molecular flexibility index (Phi) is 5.85. The third-order valence-corrected chi connectivity index (χ3v) is 7.96. The summed E-state index contributed by atoms with van der Waals surface area (Å²) in [6.07, 6.45) is 1.81. The maximum Gasteiger partial charge on any atom is 0.258 e. The van der Waals surface area contributed by atoms with Gasteiger partial charge in [0, 0.05) is 45.2 Å². The Balaban J connectivity index is 1.60. The van der Waals surface area contributed by atoms with E-state index in [1.165, 1.54) is 23.4 Å². The second-order valence-corrected chi connectivity index (χ2v) is 10.0. The Morgan fingerprint density at radius 2 is 1.65 bits per heavy atom. The molecule has 2 heterocycles. The van der Waals surface area contributed by atoms with Crippen LogP contribution >= 0.6 is 0 Å². The Hall–Kier alpha value is -2.71. The van der Waals surface area contributed by atoms with Crippen LogP contribution in [0.2, 0.25) is 0 Å². The van der Waals surface area contributed by atoms with Gasteiger partial charge < -0.3 is 9.80 Å². The van der Waals surface area contributed by atoms with Crippen LogP contribution in [0.15, 0.2) is 47.4 Å². The maximum absolute atomic E-state index is 13.4. The van der Waals surface area contributed by atoms with E-state index in [0.29, 0.717) is 25.2 Å². The summed E-state index contributed by atoms with van der Waals surface area (Å²) in [4.78, 5) is 28.4. The van der Waals surface area contributed by atoms with Crippen LogP contribution in [0.5, 0.6) is 0 Å². The van der Waals surface area contributed by atoms with Crippen molar-refractivity contribution >= 4 is 27.5 Å². The van der Waals surface area contributed by atoms with Crippen molar-refractivity contribution in [2.75, 3.05) is 37.6 Å². The number of piperazine rings is 1. The van der Waals surface area contributed by atoms with Crippen LogP contribution in [-0.4, -0.2) is 62.2 Å². The predicted octanol–water partition coefficient (Wildman–Crippen LogP) is 2.44. The molecule has 1 saturated heterocycles. The number of nitrogens with zero attached hydrogens (tertiary/aromatic N) is 3. The van der Waals surface area contributed by atoms with Gasteiger partial charge in [-0.25, -0.2) is 8.42 Å². The smallest absolute Gasteiger partial charge is 0.258 e. The molecule has 2 amide bonds. The normalized spacial score (nSPS) is 17.4. The molecule has 0 aromatic heterocycles. The number of amides is 2. The summed E-state index contributed by atoms with van der Waals surface area (Å²) in [5, 5.41) is 0. The highest BCUT2D eigenvalue weighted by molar-refractivity contribution is 7.89. The monoisotopic (exact) mass is 441 g/mol. The first-order valence-electron chi connectivity index (χ1n) is 10.5. The van der Waals surface area contributed by atoms with E-state index < -0.39 is 10.0 Å². The summed E-state index contributed by atoms with van der Waals surface area (Å²) in [7, 11) is -3.74. The van der Waals surface area contributed by atoms with Gasteiger partial charge >= 0.3 is 0 Å². The summed E-state index contributed by atoms with van der Waals surface area (Å²) in [5.74, 6) is -0.240. The van der Waals surface area contributed by atoms with Gasteiger partial charge in [0.05, 0.1) is 10.6 Å². The van der Waals surface area contributed by atoms with Crippen molar-refractivity contribution in [3.05, 3.63) is 59.2 Å². The number of para-hydroxylation sites is 1. The number of aryl methyl sites for hydroxylation is 2. The zero-order chi connectivity index (χ0) is 22.2. The van der Waals surface area contributed by atoms with E-state index in [1.54, 1.807) is 21.9 Å². The first kappa shape index (κ1) is 21.5. The number of hydrogen-bond donors (Lipinski definition) is 0. The molecule has 4 rings (SSSR count). The van der Waals surface area contributed by atoms with Gasteiger partial charge in [0.15, 0.2) is 0 Å². The highest BCUT2D eigenvalue weighted by Gasteiger charge is 2.31. The highest BCUT2D eigenvalue weighted by Crippen LogP contribution is 2.32. The quantitative estimate of drug-likeness (QED) is 0.733. The van der Waals surface area contributed by atoms with Crippen LogP contribution in [0.4, 0.5) is 5.69 Å². The first-order chi connectivity index (χ1) is 14.8. The molecule has 164 valence electrons. The average molecular weight is 442 g/mol. The van der Waals surface area contributed by atoms with Crippen LogP contribution in [0.3, 0.4) is 0 Å². The highest BCUT2D eigenvalue weighted by atomic mass is 32.2. The number of benzene rings is 2. The van der Waals surface area contributed by atoms with Gasteiger partial charge in [-0.2, -0.15) is 4.31 Å². The van der Waals surface area contributed by atoms with E-state index in [1.807, 2.05) is 25.1 Å². The Bertz CT molecular complexity index is 1120. The summed E-state index contributed by atoms with van der Waals surface area (Å²) in [6.45, 7) is 5.33. The summed E-state index contributed by atoms with van der Waals surface area (Å²) in [5.41, 5.74) is 3.48. The lowest BCUT2D eigenvalue weighted by Gasteiger charge is -2.33. The Labute approximate surface area is 183 Å². The minimum absolute atomic E-state index is 0.0539. The molecule has 7 nitrogen and oxygen atoms in total. The SMILES string of the molecule is CC(=O)N1CCN(S(=O)(=O)c2cccc(C(=O)N3CCCc4cccc(C)c43)c2)CC1. The largest absolute Gasteiger partial charge is 0.340 e. The third-order valence-electron chi connectivity index (χ3n) is 6.07. The first-order valence-corrected chi connectivity index (χ1v) is 12.0. The topological polar surface area (TPSA) is 78.0 Å². The fraction of sp³-hybridized carbons (Fsp3) is 0.391. The standard InChI is InChI=1S/C23H27N3O4S/c1-17-6-3-7-19-9-5-11-26(22(17)19)23(28)20-8-4-10-21(16-20)31(29,30)25-14-12-24(13-15-25)18(2)27/h3-4,6-8,10,16H,5,9,11-15H2,1-2H3. The van der Waals surface area contributed by atoms with Crippen molar-refractivity contribution in [2.45, 2.75) is 31.6 Å². The van der Waals surface area contributed by atoms with Crippen LogP contribution in [0, 0.1) is 6.92 Å². The number of carbonyl (C=O) groups excluding carboxylic acids is 2. The molecule has 2 aliphatic heterocycles. The Morgan fingerprint density at radius 3 is 2.35 bits per heavy atom. The molecule has 31 heavy (non-hydrogen) atoms. The molecule has 2 aliphatic rings. The van der Waals surface area contributed by atoms with Gasteiger partial charge in [-0.1, -0.05) is 24.3 Å². The van der Waals surface area contributed by atoms with Crippen LogP contribution in [-0.2, 0) is 21.2 Å². The molecular formula is C23H27N3O4S. The van der Waals surface area contributed by atoms with Gasteiger partial charge in [0.2, 0.25) is 15.9 Å². The lowest BCUT2D eigenvalue weighted by Crippen LogP contribution is -2.49. The summed E-state index contributed by atoms with van der Waals surface area (Å²) < 4.78 is 27.7. The number of hydrogen-bond acceptors (Lipinski definition) is 4. The fourth-order valence-corrected chi connectivity index (χ4v) is 5.86. The van der Waals surface area contributed by atoms with E-state index in [9.17, 15) is 18.0 Å². The number of carbonyl (C=O) groups is 2. The minimum Gasteiger partial charge on any atom is -0.340 e. The van der Waals surface area contributed by atoms with E-state index >= 15 is 0 Å². The molecule has 0 N–H and O–H groups in total. The Morgan fingerprint density at radius 1 is 0.935 bits per heavy atom. The molecule has 0 bridgehead atoms. The predicted molar refractivity (Wildman–Crippen MR) is 119 cm³/mol. The molecule has 0 unspecified atom stereocenters. The van der Waals surface area contributed by atoms with E-state index in [-0.39, 0.29) is 29.8 Å². The van der Waals surface area contributed by atoms with Crippen LogP contribution in [0.1, 0.15) is 34.8 Å². The summed E-state index contributed by atoms with van der Waals surface area (Å²) >= 11 is 0. The van der Waals surface area contributed by atoms with Crippen molar-refractivity contribution in [1.82, 2.24) is 9.21 Å². The molecule has 0 saturated carbocycles. The molecule has 0 spiro atoms. The van der Waals surface area contributed by atoms with Gasteiger partial charge in [0.1, 0.15) is 0 Å². The molecule has 0 radical (unpaired) electrons. The van der Waals surface area contributed by atoms with Gasteiger partial charge in [-0.3, -0.25) is 9.59 Å². The lowest BCUT2D eigenvalue weighted by molar-refractivity contribution is -0.129. The molecule has 2 aromatic rings. The van der Waals surface area contributed by atoms with Gasteiger partial charge in [0.25, 0.3) is 5.91 Å². The van der Waals surface area contributed by atoms with Gasteiger partial charge in [-0.15, -0.1) is 0 Å². The lowest BCUT2D eigenvalue weighted by atomic mass is 9.97. The van der Waals surface area contributed by atoms with E-state index in [0.717, 1.165) is 29.7 Å². The van der Waals surface area contributed by atoms with Crippen LogP contribution < -0.4 is 4.90 Å². The van der Waals surface area contributed by atoms with Crippen LogP contribution in [0.25, 0.3) is 0 Å². The summed E-state index contributed by atoms with van der Waals surface area (Å²) in [6, 6.07) is 12.3. The second kappa shape index (κ2) is 8.43. The maximum atomic E-state index is 13.4. The zero-order valence-electron chi connectivity index (χ0n) is 17.9. The molecule has 1 fully saturated rings. The molecule has 0 atom stereocenters. The van der Waals surface area contributed by atoms with E-state index in [2.05, 4.69) is 0 Å². The molecular weight excluding hydrogens is 414 g/mol. The minimum atomic E-state index is -3.74. The zero-order valence-corrected chi connectivity index (χ0v) is 18.7. The number of rotatable bonds is 3. The number of sulfonamides is 1. The number of fused-ring (bicyclic) bond motifs is 1. The molecule has 0 aliphatic carbocycles. The van der Waals surface area contributed by atoms with Gasteiger partial charge in [-0.05, 0) is 49.1 Å². The molecule has 8 heteroatoms. The third kappa shape index (κ3) is 4.09. The van der Waals surface area contributed by atoms with Crippen molar-refractivity contribution in [3.8, 4) is 0 Å². The van der Waals surface area contributed by atoms with E-state index in [4.69, 9.17) is 0 Å². The van der Waals surface area contributed by atoms with Crippen molar-refractivity contribution in [2.24, 2.45) is 0 Å². The van der Waals surface area contributed by atoms with Crippen molar-refractivity contribution in [3.63, 3.8) is 0 Å².